The van der Waals surface area contributed by atoms with Gasteiger partial charge in [0, 0.05) is 47.6 Å². The van der Waals surface area contributed by atoms with E-state index in [0.717, 1.165) is 35.9 Å². The fourth-order valence-electron chi connectivity index (χ4n) is 5.23. The van der Waals surface area contributed by atoms with Gasteiger partial charge in [-0.15, -0.1) is 0 Å². The predicted octanol–water partition coefficient (Wildman–Crippen LogP) is 3.10. The van der Waals surface area contributed by atoms with Crippen molar-refractivity contribution < 1.29 is 14.4 Å². The number of rotatable bonds is 3. The Kier molecular flexibility index (Phi) is 4.69. The number of benzene rings is 1. The molecule has 0 bridgehead atoms. The van der Waals surface area contributed by atoms with Gasteiger partial charge in [0.1, 0.15) is 11.4 Å². The van der Waals surface area contributed by atoms with Gasteiger partial charge in [0.05, 0.1) is 6.20 Å². The summed E-state index contributed by atoms with van der Waals surface area (Å²) in [6.45, 7) is 5.31. The van der Waals surface area contributed by atoms with Gasteiger partial charge in [-0.05, 0) is 56.7 Å². The Labute approximate surface area is 185 Å². The Morgan fingerprint density at radius 1 is 1.16 bits per heavy atom. The van der Waals surface area contributed by atoms with Crippen molar-refractivity contribution in [2.45, 2.75) is 45.6 Å². The van der Waals surface area contributed by atoms with Crippen LogP contribution in [0, 0.1) is 5.41 Å². The van der Waals surface area contributed by atoms with Gasteiger partial charge in [0.2, 0.25) is 0 Å². The number of fused-ring (bicyclic) bond motifs is 2. The zero-order valence-corrected chi connectivity index (χ0v) is 18.4. The van der Waals surface area contributed by atoms with Crippen LogP contribution < -0.4 is 5.73 Å². The molecule has 1 fully saturated rings. The molecule has 2 aliphatic rings. The molecule has 1 aliphatic carbocycles. The van der Waals surface area contributed by atoms with E-state index in [4.69, 9.17) is 5.73 Å². The van der Waals surface area contributed by atoms with E-state index in [1.165, 1.54) is 0 Å². The highest BCUT2D eigenvalue weighted by Gasteiger charge is 2.43. The average Bonchev–Trinajstić information content (AvgIpc) is 3.37. The number of carbonyl (C=O) groups is 3. The summed E-state index contributed by atoms with van der Waals surface area (Å²) in [7, 11) is 0. The molecule has 3 N–H and O–H groups in total. The number of aromatic nitrogens is 3. The van der Waals surface area contributed by atoms with E-state index >= 15 is 0 Å². The molecule has 32 heavy (non-hydrogen) atoms. The van der Waals surface area contributed by atoms with Crippen LogP contribution >= 0.6 is 0 Å². The number of hydrogen-bond donors (Lipinski definition) is 2. The van der Waals surface area contributed by atoms with Crippen molar-refractivity contribution >= 4 is 28.5 Å². The van der Waals surface area contributed by atoms with Gasteiger partial charge in [0.15, 0.2) is 5.78 Å². The molecular formula is C24H27N5O3. The molecule has 8 heteroatoms. The molecule has 3 heterocycles. The number of H-pyrrole nitrogens is 1. The van der Waals surface area contributed by atoms with E-state index < -0.39 is 5.91 Å². The van der Waals surface area contributed by atoms with Crippen molar-refractivity contribution in [3.8, 4) is 0 Å². The van der Waals surface area contributed by atoms with E-state index in [1.807, 2.05) is 35.7 Å². The molecule has 0 radical (unpaired) electrons. The number of primary amides is 1. The van der Waals surface area contributed by atoms with E-state index in [-0.39, 0.29) is 23.1 Å². The Balaban J connectivity index is 1.31. The second-order valence-corrected chi connectivity index (χ2v) is 9.47. The average molecular weight is 434 g/mol. The summed E-state index contributed by atoms with van der Waals surface area (Å²) in [5.41, 5.74) is 8.67. The zero-order valence-electron chi connectivity index (χ0n) is 18.4. The third kappa shape index (κ3) is 3.30. The van der Waals surface area contributed by atoms with Crippen LogP contribution in [0.5, 0.6) is 0 Å². The summed E-state index contributed by atoms with van der Waals surface area (Å²) in [5.74, 6) is -0.397. The van der Waals surface area contributed by atoms with Gasteiger partial charge in [-0.2, -0.15) is 5.10 Å². The van der Waals surface area contributed by atoms with E-state index in [1.54, 1.807) is 18.2 Å². The Morgan fingerprint density at radius 3 is 2.59 bits per heavy atom. The van der Waals surface area contributed by atoms with Gasteiger partial charge in [0.25, 0.3) is 11.8 Å². The standard InChI is InChI=1S/C24H27N5O3/c1-14(2)29-21-17(13-26-29)11-24(12-20(21)30)5-7-28(8-6-24)23(32)16-4-3-15-9-19(22(25)31)27-18(15)10-16/h3-4,9-10,13-14,27H,5-8,11-12H2,1-2H3,(H2,25,31). The van der Waals surface area contributed by atoms with Crippen LogP contribution in [-0.2, 0) is 6.42 Å². The molecule has 166 valence electrons. The number of carbonyl (C=O) groups excluding carboxylic acids is 3. The minimum atomic E-state index is -0.528. The molecule has 3 aromatic rings. The Hall–Kier alpha value is -3.42. The number of nitrogens with one attached hydrogen (secondary N) is 1. The normalized spacial score (nSPS) is 17.8. The largest absolute Gasteiger partial charge is 0.364 e. The topological polar surface area (TPSA) is 114 Å². The van der Waals surface area contributed by atoms with Crippen LogP contribution in [-0.4, -0.2) is 50.4 Å². The van der Waals surface area contributed by atoms with E-state index in [2.05, 4.69) is 10.1 Å². The van der Waals surface area contributed by atoms with Crippen LogP contribution in [0.2, 0.25) is 0 Å². The molecule has 2 amide bonds. The number of amides is 2. The summed E-state index contributed by atoms with van der Waals surface area (Å²) >= 11 is 0. The first-order valence-electron chi connectivity index (χ1n) is 11.1. The third-order valence-corrected chi connectivity index (χ3v) is 6.97. The van der Waals surface area contributed by atoms with Crippen LogP contribution in [0.25, 0.3) is 10.9 Å². The highest BCUT2D eigenvalue weighted by Crippen LogP contribution is 2.44. The van der Waals surface area contributed by atoms with Gasteiger partial charge in [-0.1, -0.05) is 6.07 Å². The van der Waals surface area contributed by atoms with Crippen molar-refractivity contribution in [1.29, 1.82) is 0 Å². The second kappa shape index (κ2) is 7.32. The van der Waals surface area contributed by atoms with Gasteiger partial charge >= 0.3 is 0 Å². The molecule has 0 atom stereocenters. The van der Waals surface area contributed by atoms with Crippen molar-refractivity contribution in [3.05, 3.63) is 53.0 Å². The fourth-order valence-corrected chi connectivity index (χ4v) is 5.23. The maximum Gasteiger partial charge on any atom is 0.265 e. The van der Waals surface area contributed by atoms with Crippen LogP contribution in [0.4, 0.5) is 0 Å². The van der Waals surface area contributed by atoms with Crippen LogP contribution in [0.15, 0.2) is 30.5 Å². The first-order chi connectivity index (χ1) is 15.3. The number of Topliss-reactive ketones (excluding diaryl/α,β-unsaturated/α-hetero) is 1. The molecule has 1 aliphatic heterocycles. The van der Waals surface area contributed by atoms with Crippen molar-refractivity contribution in [3.63, 3.8) is 0 Å². The summed E-state index contributed by atoms with van der Waals surface area (Å²) in [6, 6.07) is 7.22. The molecule has 8 nitrogen and oxygen atoms in total. The minimum absolute atomic E-state index is 0.0348. The smallest absolute Gasteiger partial charge is 0.265 e. The first-order valence-corrected chi connectivity index (χ1v) is 11.1. The Morgan fingerprint density at radius 2 is 1.91 bits per heavy atom. The van der Waals surface area contributed by atoms with Gasteiger partial charge in [-0.3, -0.25) is 19.1 Å². The van der Waals surface area contributed by atoms with Gasteiger partial charge in [-0.25, -0.2) is 0 Å². The summed E-state index contributed by atoms with van der Waals surface area (Å²) in [4.78, 5) is 42.4. The number of ketones is 1. The van der Waals surface area contributed by atoms with Gasteiger partial charge < -0.3 is 15.6 Å². The lowest BCUT2D eigenvalue weighted by atomic mass is 9.67. The highest BCUT2D eigenvalue weighted by atomic mass is 16.2. The minimum Gasteiger partial charge on any atom is -0.364 e. The summed E-state index contributed by atoms with van der Waals surface area (Å²) in [6.07, 6.45) is 4.80. The van der Waals surface area contributed by atoms with E-state index in [0.29, 0.717) is 36.3 Å². The highest BCUT2D eigenvalue weighted by molar-refractivity contribution is 6.01. The van der Waals surface area contributed by atoms with Crippen molar-refractivity contribution in [1.82, 2.24) is 19.7 Å². The quantitative estimate of drug-likeness (QED) is 0.660. The fraction of sp³-hybridized carbons (Fsp3) is 0.417. The van der Waals surface area contributed by atoms with Crippen molar-refractivity contribution in [2.24, 2.45) is 11.1 Å². The number of likely N-dealkylation sites (tertiary alicyclic amines) is 1. The number of nitrogens with two attached hydrogens (primary N) is 1. The predicted molar refractivity (Wildman–Crippen MR) is 120 cm³/mol. The number of aromatic amines is 1. The maximum atomic E-state index is 13.1. The van der Waals surface area contributed by atoms with Crippen LogP contribution in [0.3, 0.4) is 0 Å². The second-order valence-electron chi connectivity index (χ2n) is 9.47. The number of piperidine rings is 1. The lowest BCUT2D eigenvalue weighted by molar-refractivity contribution is 0.0517. The lowest BCUT2D eigenvalue weighted by Crippen LogP contribution is -2.46. The molecule has 2 aromatic heterocycles. The van der Waals surface area contributed by atoms with E-state index in [9.17, 15) is 14.4 Å². The lowest BCUT2D eigenvalue weighted by Gasteiger charge is -2.43. The van der Waals surface area contributed by atoms with Crippen LogP contribution in [0.1, 0.15) is 76.1 Å². The Bertz CT molecular complexity index is 1240. The number of nitrogens with zero attached hydrogens (tertiary/aromatic N) is 3. The molecule has 0 saturated carbocycles. The molecular weight excluding hydrogens is 406 g/mol. The SMILES string of the molecule is CC(C)n1ncc2c1C(=O)CC1(CCN(C(=O)c3ccc4cc(C(N)=O)[nH]c4c3)CC1)C2. The molecule has 1 saturated heterocycles. The first kappa shape index (κ1) is 20.5. The monoisotopic (exact) mass is 433 g/mol. The van der Waals surface area contributed by atoms with Crippen molar-refractivity contribution in [2.75, 3.05) is 13.1 Å². The zero-order chi connectivity index (χ0) is 22.6. The number of hydrogen-bond acceptors (Lipinski definition) is 4. The molecule has 1 spiro atoms. The molecule has 1 aromatic carbocycles. The molecule has 0 unspecified atom stereocenters. The maximum absolute atomic E-state index is 13.1. The molecule has 5 rings (SSSR count). The summed E-state index contributed by atoms with van der Waals surface area (Å²) in [5, 5.41) is 5.28. The summed E-state index contributed by atoms with van der Waals surface area (Å²) < 4.78 is 1.84. The third-order valence-electron chi connectivity index (χ3n) is 6.97.